The smallest absolute Gasteiger partial charge is 0.237 e. The third-order valence-electron chi connectivity index (χ3n) is 5.09. The molecule has 3 atom stereocenters. The first kappa shape index (κ1) is 21.7. The molecule has 0 radical (unpaired) electrons. The third-order valence-corrected chi connectivity index (χ3v) is 5.09. The van der Waals surface area contributed by atoms with Crippen LogP contribution in [0.1, 0.15) is 44.7 Å². The number of amides is 1. The number of hydrogen-bond donors (Lipinski definition) is 2. The van der Waals surface area contributed by atoms with Crippen LogP contribution in [0.3, 0.4) is 0 Å². The maximum atomic E-state index is 12.3. The number of ether oxygens (including phenoxy) is 1. The van der Waals surface area contributed by atoms with Gasteiger partial charge in [-0.3, -0.25) is 9.69 Å². The van der Waals surface area contributed by atoms with E-state index in [1.54, 1.807) is 7.11 Å². The first-order valence-electron chi connectivity index (χ1n) is 8.98. The molecule has 6 heteroatoms. The molecule has 1 amide bonds. The molecule has 1 saturated heterocycles. The van der Waals surface area contributed by atoms with Crippen molar-refractivity contribution in [3.05, 3.63) is 29.8 Å². The normalized spacial score (nSPS) is 18.1. The summed E-state index contributed by atoms with van der Waals surface area (Å²) in [6.07, 6.45) is 3.32. The molecule has 1 heterocycles. The van der Waals surface area contributed by atoms with Gasteiger partial charge in [-0.05, 0) is 49.5 Å². The molecule has 142 valence electrons. The summed E-state index contributed by atoms with van der Waals surface area (Å²) in [6, 6.07) is 7.83. The second kappa shape index (κ2) is 10.6. The molecule has 5 nitrogen and oxygen atoms in total. The minimum absolute atomic E-state index is 0. The topological polar surface area (TPSA) is 67.6 Å². The lowest BCUT2D eigenvalue weighted by molar-refractivity contribution is -0.123. The van der Waals surface area contributed by atoms with Crippen molar-refractivity contribution in [1.82, 2.24) is 10.2 Å². The Labute approximate surface area is 157 Å². The minimum atomic E-state index is -0.445. The molecule has 0 bridgehead atoms. The quantitative estimate of drug-likeness (QED) is 0.739. The predicted octanol–water partition coefficient (Wildman–Crippen LogP) is 2.74. The SMILES string of the molecule is CCC(C)C(N)C(=O)NCC(c1cccc(OC)c1)N1CCCC1.Cl. The molecule has 0 spiro atoms. The number of carbonyl (C=O) groups is 1. The van der Waals surface area contributed by atoms with Crippen LogP contribution < -0.4 is 15.8 Å². The van der Waals surface area contributed by atoms with Crippen LogP contribution in [0.2, 0.25) is 0 Å². The molecule has 3 N–H and O–H groups in total. The average Bonchev–Trinajstić information content (AvgIpc) is 3.14. The Balaban J connectivity index is 0.00000312. The van der Waals surface area contributed by atoms with Crippen LogP contribution >= 0.6 is 12.4 Å². The fourth-order valence-corrected chi connectivity index (χ4v) is 3.19. The third kappa shape index (κ3) is 5.87. The molecule has 25 heavy (non-hydrogen) atoms. The summed E-state index contributed by atoms with van der Waals surface area (Å²) in [6.45, 7) is 6.78. The van der Waals surface area contributed by atoms with Gasteiger partial charge in [0.05, 0.1) is 19.2 Å². The first-order valence-corrected chi connectivity index (χ1v) is 8.98. The first-order chi connectivity index (χ1) is 11.6. The molecular weight excluding hydrogens is 338 g/mol. The number of nitrogens with two attached hydrogens (primary N) is 1. The van der Waals surface area contributed by atoms with E-state index < -0.39 is 6.04 Å². The average molecular weight is 370 g/mol. The number of nitrogens with zero attached hydrogens (tertiary/aromatic N) is 1. The van der Waals surface area contributed by atoms with E-state index >= 15 is 0 Å². The number of benzene rings is 1. The Bertz CT molecular complexity index is 535. The van der Waals surface area contributed by atoms with Crippen LogP contribution in [0.25, 0.3) is 0 Å². The predicted molar refractivity (Wildman–Crippen MR) is 104 cm³/mol. The zero-order chi connectivity index (χ0) is 17.5. The Morgan fingerprint density at radius 1 is 1.36 bits per heavy atom. The number of nitrogens with one attached hydrogen (secondary N) is 1. The van der Waals surface area contributed by atoms with Crippen LogP contribution in [0.5, 0.6) is 5.75 Å². The highest BCUT2D eigenvalue weighted by Gasteiger charge is 2.26. The molecule has 1 fully saturated rings. The van der Waals surface area contributed by atoms with Crippen molar-refractivity contribution in [3.63, 3.8) is 0 Å². The zero-order valence-corrected chi connectivity index (χ0v) is 16.3. The molecule has 3 unspecified atom stereocenters. The lowest BCUT2D eigenvalue weighted by Gasteiger charge is -2.29. The van der Waals surface area contributed by atoms with Gasteiger partial charge < -0.3 is 15.8 Å². The van der Waals surface area contributed by atoms with Gasteiger partial charge in [-0.25, -0.2) is 0 Å². The van der Waals surface area contributed by atoms with Crippen molar-refractivity contribution in [2.45, 2.75) is 45.2 Å². The Morgan fingerprint density at radius 3 is 2.64 bits per heavy atom. The van der Waals surface area contributed by atoms with E-state index in [1.807, 2.05) is 19.1 Å². The van der Waals surface area contributed by atoms with Crippen molar-refractivity contribution in [2.24, 2.45) is 11.7 Å². The van der Waals surface area contributed by atoms with E-state index in [9.17, 15) is 4.79 Å². The van der Waals surface area contributed by atoms with Crippen LogP contribution in [0.15, 0.2) is 24.3 Å². The lowest BCUT2D eigenvalue weighted by atomic mass is 9.99. The molecule has 0 aromatic heterocycles. The summed E-state index contributed by atoms with van der Waals surface area (Å²) >= 11 is 0. The summed E-state index contributed by atoms with van der Waals surface area (Å²) in [5.74, 6) is 0.975. The van der Waals surface area contributed by atoms with Gasteiger partial charge >= 0.3 is 0 Å². The van der Waals surface area contributed by atoms with Crippen molar-refractivity contribution < 1.29 is 9.53 Å². The van der Waals surface area contributed by atoms with Gasteiger partial charge in [-0.15, -0.1) is 12.4 Å². The van der Waals surface area contributed by atoms with Crippen LogP contribution in [-0.2, 0) is 4.79 Å². The number of halogens is 1. The fraction of sp³-hybridized carbons (Fsp3) is 0.632. The number of rotatable bonds is 8. The van der Waals surface area contributed by atoms with Crippen LogP contribution in [0.4, 0.5) is 0 Å². The standard InChI is InChI=1S/C19H31N3O2.ClH/c1-4-14(2)18(20)19(23)21-13-17(22-10-5-6-11-22)15-8-7-9-16(12-15)24-3;/h7-9,12,14,17-18H,4-6,10-11,13,20H2,1-3H3,(H,21,23);1H. The summed E-state index contributed by atoms with van der Waals surface area (Å²) < 4.78 is 5.35. The van der Waals surface area contributed by atoms with Gasteiger partial charge in [0, 0.05) is 6.54 Å². The van der Waals surface area contributed by atoms with Gasteiger partial charge in [0.25, 0.3) is 0 Å². The van der Waals surface area contributed by atoms with Crippen molar-refractivity contribution in [3.8, 4) is 5.75 Å². The number of methoxy groups -OCH3 is 1. The van der Waals surface area contributed by atoms with Gasteiger partial charge in [-0.1, -0.05) is 32.4 Å². The molecule has 0 saturated carbocycles. The maximum Gasteiger partial charge on any atom is 0.237 e. The Hall–Kier alpha value is -1.30. The summed E-state index contributed by atoms with van der Waals surface area (Å²) in [5.41, 5.74) is 7.22. The van der Waals surface area contributed by atoms with E-state index in [4.69, 9.17) is 10.5 Å². The van der Waals surface area contributed by atoms with E-state index in [0.29, 0.717) is 6.54 Å². The van der Waals surface area contributed by atoms with Gasteiger partial charge in [0.1, 0.15) is 5.75 Å². The molecule has 1 aromatic rings. The van der Waals surface area contributed by atoms with E-state index in [2.05, 4.69) is 29.3 Å². The zero-order valence-electron chi connectivity index (χ0n) is 15.5. The van der Waals surface area contributed by atoms with Gasteiger partial charge in [0.15, 0.2) is 0 Å². The minimum Gasteiger partial charge on any atom is -0.497 e. The summed E-state index contributed by atoms with van der Waals surface area (Å²) in [5, 5.41) is 3.06. The molecule has 1 aliphatic rings. The van der Waals surface area contributed by atoms with Crippen LogP contribution in [-0.4, -0.2) is 43.6 Å². The van der Waals surface area contributed by atoms with E-state index in [0.717, 1.165) is 25.3 Å². The molecule has 2 rings (SSSR count). The number of carbonyl (C=O) groups excluding carboxylic acids is 1. The van der Waals surface area contributed by atoms with Crippen LogP contribution in [0, 0.1) is 5.92 Å². The van der Waals surface area contributed by atoms with E-state index in [-0.39, 0.29) is 30.3 Å². The Kier molecular flexibility index (Phi) is 9.25. The largest absolute Gasteiger partial charge is 0.497 e. The Morgan fingerprint density at radius 2 is 2.04 bits per heavy atom. The van der Waals surface area contributed by atoms with Crippen molar-refractivity contribution in [2.75, 3.05) is 26.7 Å². The molecule has 0 aliphatic carbocycles. The fourth-order valence-electron chi connectivity index (χ4n) is 3.19. The second-order valence-corrected chi connectivity index (χ2v) is 6.69. The monoisotopic (exact) mass is 369 g/mol. The highest BCUT2D eigenvalue weighted by Crippen LogP contribution is 2.27. The number of hydrogen-bond acceptors (Lipinski definition) is 4. The molecule has 1 aliphatic heterocycles. The van der Waals surface area contributed by atoms with E-state index in [1.165, 1.54) is 18.4 Å². The van der Waals surface area contributed by atoms with Crippen molar-refractivity contribution >= 4 is 18.3 Å². The lowest BCUT2D eigenvalue weighted by Crippen LogP contribution is -2.47. The number of likely N-dealkylation sites (tertiary alicyclic amines) is 1. The highest BCUT2D eigenvalue weighted by molar-refractivity contribution is 5.85. The van der Waals surface area contributed by atoms with Gasteiger partial charge in [-0.2, -0.15) is 0 Å². The van der Waals surface area contributed by atoms with Gasteiger partial charge in [0.2, 0.25) is 5.91 Å². The maximum absolute atomic E-state index is 12.3. The highest BCUT2D eigenvalue weighted by atomic mass is 35.5. The summed E-state index contributed by atoms with van der Waals surface area (Å²) in [7, 11) is 1.68. The van der Waals surface area contributed by atoms with Crippen molar-refractivity contribution in [1.29, 1.82) is 0 Å². The molecular formula is C19H32ClN3O2. The summed E-state index contributed by atoms with van der Waals surface area (Å²) in [4.78, 5) is 14.8. The second-order valence-electron chi connectivity index (χ2n) is 6.69. The molecule has 1 aromatic carbocycles.